The number of anilines is 1. The van der Waals surface area contributed by atoms with Crippen LogP contribution in [0.5, 0.6) is 0 Å². The SMILES string of the molecule is C.CCCC(=O)Nc1cc(C=O)n(C)c1.Cc1cc(C)n(C)c1.[HH].[U].[V].[V].[V]. The van der Waals surface area contributed by atoms with Crippen molar-refractivity contribution in [2.24, 2.45) is 14.1 Å². The Morgan fingerprint density at radius 1 is 1.11 bits per heavy atom. The van der Waals surface area contributed by atoms with Gasteiger partial charge < -0.3 is 14.5 Å². The van der Waals surface area contributed by atoms with Crippen molar-refractivity contribution < 1.29 is 97.8 Å². The molecule has 27 heavy (non-hydrogen) atoms. The molecule has 149 valence electrons. The molecule has 1 N–H and O–H groups in total. The van der Waals surface area contributed by atoms with Gasteiger partial charge in [-0.1, -0.05) is 14.4 Å². The maximum absolute atomic E-state index is 11.2. The van der Waals surface area contributed by atoms with Crippen LogP contribution >= 0.6 is 0 Å². The number of nitrogens with one attached hydrogen (secondary N) is 1. The van der Waals surface area contributed by atoms with Crippen LogP contribution in [0.1, 0.15) is 50.4 Å². The molecular weight excluding hydrogens is 681 g/mol. The van der Waals surface area contributed by atoms with Gasteiger partial charge in [0.1, 0.15) is 0 Å². The van der Waals surface area contributed by atoms with E-state index in [4.69, 9.17) is 0 Å². The van der Waals surface area contributed by atoms with Gasteiger partial charge in [-0.25, -0.2) is 0 Å². The minimum absolute atomic E-state index is 0. The summed E-state index contributed by atoms with van der Waals surface area (Å²) in [4.78, 5) is 21.7. The van der Waals surface area contributed by atoms with Gasteiger partial charge in [-0.15, -0.1) is 0 Å². The van der Waals surface area contributed by atoms with Crippen LogP contribution in [0.4, 0.5) is 5.69 Å². The van der Waals surface area contributed by atoms with Crippen molar-refractivity contribution in [1.82, 2.24) is 9.13 Å². The normalized spacial score (nSPS) is 8.04. The number of aryl methyl sites for hydroxylation is 4. The van der Waals surface area contributed by atoms with Crippen LogP contribution in [0, 0.1) is 45.0 Å². The fraction of sp³-hybridized carbons (Fsp3) is 0.444. The number of carbonyl (C=O) groups excluding carboxylic acids is 2. The maximum atomic E-state index is 11.2. The average molecular weight is 712 g/mol. The van der Waals surface area contributed by atoms with E-state index >= 15 is 0 Å². The van der Waals surface area contributed by atoms with E-state index in [1.165, 1.54) is 11.3 Å². The summed E-state index contributed by atoms with van der Waals surface area (Å²) in [6.07, 6.45) is 5.92. The van der Waals surface area contributed by atoms with Crippen LogP contribution in [-0.4, -0.2) is 21.3 Å². The molecule has 2 aromatic heterocycles. The number of carbonyl (C=O) groups is 2. The number of hydrogen-bond donors (Lipinski definition) is 1. The molecule has 2 rings (SSSR count). The second-order valence-electron chi connectivity index (χ2n) is 5.45. The van der Waals surface area contributed by atoms with Crippen LogP contribution in [0.3, 0.4) is 0 Å². The fourth-order valence-electron chi connectivity index (χ4n) is 2.09. The van der Waals surface area contributed by atoms with Crippen molar-refractivity contribution in [3.05, 3.63) is 41.5 Å². The van der Waals surface area contributed by atoms with Crippen LogP contribution in [-0.2, 0) is 74.6 Å². The van der Waals surface area contributed by atoms with E-state index < -0.39 is 0 Å². The zero-order valence-corrected chi connectivity index (χ0v) is 24.2. The van der Waals surface area contributed by atoms with Gasteiger partial charge in [0.05, 0.1) is 11.4 Å². The first-order valence-corrected chi connectivity index (χ1v) is 7.38. The first kappa shape index (κ1) is 38.2. The zero-order valence-electron chi connectivity index (χ0n) is 15.9. The summed E-state index contributed by atoms with van der Waals surface area (Å²) in [5, 5.41) is 2.72. The molecule has 5 nitrogen and oxygen atoms in total. The quantitative estimate of drug-likeness (QED) is 0.487. The molecule has 0 fully saturated rings. The molecule has 0 aliphatic carbocycles. The summed E-state index contributed by atoms with van der Waals surface area (Å²) in [5.41, 5.74) is 3.89. The molecule has 0 aliphatic heterocycles. The average Bonchev–Trinajstić information content (AvgIpc) is 2.92. The van der Waals surface area contributed by atoms with Gasteiger partial charge in [0.2, 0.25) is 5.91 Å². The van der Waals surface area contributed by atoms with E-state index in [2.05, 4.69) is 43.0 Å². The Bertz CT molecular complexity index is 645. The minimum atomic E-state index is -0.0180. The maximum Gasteiger partial charge on any atom is 0.224 e. The van der Waals surface area contributed by atoms with Crippen molar-refractivity contribution >= 4 is 17.9 Å². The molecule has 0 bridgehead atoms. The summed E-state index contributed by atoms with van der Waals surface area (Å²) in [6.45, 7) is 6.15. The third kappa shape index (κ3) is 14.2. The van der Waals surface area contributed by atoms with Crippen LogP contribution in [0.25, 0.3) is 0 Å². The van der Waals surface area contributed by atoms with Crippen LogP contribution < -0.4 is 5.32 Å². The Labute approximate surface area is 224 Å². The van der Waals surface area contributed by atoms with Gasteiger partial charge in [0, 0.05) is 127 Å². The van der Waals surface area contributed by atoms with Crippen LogP contribution in [0.2, 0.25) is 0 Å². The summed E-state index contributed by atoms with van der Waals surface area (Å²) in [7, 11) is 3.82. The van der Waals surface area contributed by atoms with Crippen LogP contribution in [0.15, 0.2) is 24.5 Å². The van der Waals surface area contributed by atoms with Gasteiger partial charge in [0.25, 0.3) is 0 Å². The summed E-state index contributed by atoms with van der Waals surface area (Å²) in [5.74, 6) is -0.0180. The Morgan fingerprint density at radius 2 is 1.67 bits per heavy atom. The van der Waals surface area contributed by atoms with Crippen molar-refractivity contribution in [3.8, 4) is 0 Å². The second-order valence-corrected chi connectivity index (χ2v) is 5.45. The molecule has 2 aromatic rings. The molecule has 0 saturated heterocycles. The number of amides is 1. The van der Waals surface area contributed by atoms with E-state index in [-0.39, 0.29) is 102 Å². The van der Waals surface area contributed by atoms with Gasteiger partial charge >= 0.3 is 0 Å². The standard InChI is InChI=1S/C10H14N2O2.C7H11N.CH4.U.3V.H2/c1-3-4-10(14)11-8-5-9(7-13)12(2)6-8;1-6-4-7(2)8(3)5-6;;;;;;/h5-7H,3-4H2,1-2H3,(H,11,14);4-5H,1-3H3;1H4;;;;;1H. The molecule has 1 amide bonds. The molecule has 2 heterocycles. The molecule has 0 saturated carbocycles. The number of aldehydes is 1. The summed E-state index contributed by atoms with van der Waals surface area (Å²) >= 11 is 0. The van der Waals surface area contributed by atoms with Gasteiger partial charge in [-0.3, -0.25) is 9.59 Å². The molecular formula is C18H31N3O2UV3. The second kappa shape index (κ2) is 19.8. The van der Waals surface area contributed by atoms with Gasteiger partial charge in [-0.2, -0.15) is 0 Å². The number of aromatic nitrogens is 2. The number of rotatable bonds is 4. The van der Waals surface area contributed by atoms with Gasteiger partial charge in [0.15, 0.2) is 6.29 Å². The van der Waals surface area contributed by atoms with E-state index in [9.17, 15) is 9.59 Å². The monoisotopic (exact) mass is 712 g/mol. The molecule has 0 unspecified atom stereocenters. The first-order chi connectivity index (χ1) is 10.4. The number of hydrogen-bond acceptors (Lipinski definition) is 2. The van der Waals surface area contributed by atoms with Crippen molar-refractivity contribution in [1.29, 1.82) is 0 Å². The Kier molecular flexibility index (Phi) is 28.0. The third-order valence-electron chi connectivity index (χ3n) is 3.32. The van der Waals surface area contributed by atoms with Crippen molar-refractivity contribution in [2.75, 3.05) is 5.32 Å². The number of nitrogens with zero attached hydrogens (tertiary/aromatic N) is 2. The van der Waals surface area contributed by atoms with Gasteiger partial charge in [-0.05, 0) is 38.0 Å². The minimum Gasteiger partial charge on any atom is -0.354 e. The predicted molar refractivity (Wildman–Crippen MR) is 98.1 cm³/mol. The molecule has 9 heteroatoms. The van der Waals surface area contributed by atoms with E-state index in [0.29, 0.717) is 17.8 Å². The molecule has 0 atom stereocenters. The molecule has 0 spiro atoms. The first-order valence-electron chi connectivity index (χ1n) is 7.38. The van der Waals surface area contributed by atoms with E-state index in [1.807, 2.05) is 6.92 Å². The Hall–Kier alpha value is 0.505. The smallest absolute Gasteiger partial charge is 0.224 e. The molecule has 3 radical (unpaired) electrons. The zero-order chi connectivity index (χ0) is 16.7. The fourth-order valence-corrected chi connectivity index (χ4v) is 2.09. The summed E-state index contributed by atoms with van der Waals surface area (Å²) in [6, 6.07) is 3.82. The van der Waals surface area contributed by atoms with Crippen molar-refractivity contribution in [3.63, 3.8) is 0 Å². The third-order valence-corrected chi connectivity index (χ3v) is 3.32. The van der Waals surface area contributed by atoms with Crippen molar-refractivity contribution in [2.45, 2.75) is 41.0 Å². The Balaban J connectivity index is -0.0000000770. The summed E-state index contributed by atoms with van der Waals surface area (Å²) < 4.78 is 3.80. The van der Waals surface area contributed by atoms with E-state index in [0.717, 1.165) is 12.7 Å². The van der Waals surface area contributed by atoms with E-state index in [1.54, 1.807) is 23.9 Å². The molecule has 0 aromatic carbocycles. The predicted octanol–water partition coefficient (Wildman–Crippen LogP) is 4.09. The largest absolute Gasteiger partial charge is 0.354 e. The molecule has 0 aliphatic rings. The topological polar surface area (TPSA) is 56.0 Å². The Morgan fingerprint density at radius 3 is 1.96 bits per heavy atom.